The predicted molar refractivity (Wildman–Crippen MR) is 94.5 cm³/mol. The first-order valence-corrected chi connectivity index (χ1v) is 7.55. The fourth-order valence-electron chi connectivity index (χ4n) is 3.11. The Labute approximate surface area is 148 Å². The van der Waals surface area contributed by atoms with Crippen LogP contribution in [0.2, 0.25) is 0 Å². The van der Waals surface area contributed by atoms with Gasteiger partial charge in [0.05, 0.1) is 5.56 Å². The van der Waals surface area contributed by atoms with Crippen LogP contribution in [0.5, 0.6) is 0 Å². The largest absolute Gasteiger partial charge is 0.455 e. The van der Waals surface area contributed by atoms with Gasteiger partial charge in [-0.1, -0.05) is 12.1 Å². The molecule has 4 rings (SSSR count). The monoisotopic (exact) mass is 326 g/mol. The molecule has 0 radical (unpaired) electrons. The Morgan fingerprint density at radius 1 is 1.04 bits per heavy atom. The minimum atomic E-state index is -2.68. The average Bonchev–Trinajstić information content (AvgIpc) is 2.98. The van der Waals surface area contributed by atoms with Crippen LogP contribution in [0, 0.1) is 26.4 Å². The normalized spacial score (nSPS) is 16.3. The molecule has 0 aliphatic heterocycles. The molecule has 120 valence electrons. The lowest BCUT2D eigenvalue weighted by Gasteiger charge is -2.06. The average molecular weight is 326 g/mol. The van der Waals surface area contributed by atoms with Gasteiger partial charge in [0.25, 0.3) is 0 Å². The molecule has 0 spiro atoms. The van der Waals surface area contributed by atoms with E-state index in [-0.39, 0.29) is 11.1 Å². The smallest absolute Gasteiger partial charge is 0.216 e. The maximum Gasteiger partial charge on any atom is 0.216 e. The van der Waals surface area contributed by atoms with Gasteiger partial charge in [-0.3, -0.25) is 0 Å². The molecule has 2 heterocycles. The second-order valence-corrected chi connectivity index (χ2v) is 5.95. The van der Waals surface area contributed by atoms with Crippen LogP contribution in [-0.2, 0) is 7.05 Å². The Balaban J connectivity index is 2.13. The lowest BCUT2D eigenvalue weighted by Crippen LogP contribution is -2.30. The number of benzene rings is 2. The van der Waals surface area contributed by atoms with E-state index in [9.17, 15) is 4.39 Å². The standard InChI is InChI=1S/C21H19FNO/c1-12-9-10-23(4)18(11-12)19-13(2)5-6-16-15-7-8-17(22)14(3)20(15)24-21(16)19/h5-11H,1-4H3/q+1/i1D3,3D3. The van der Waals surface area contributed by atoms with Gasteiger partial charge in [-0.25, -0.2) is 8.96 Å². The van der Waals surface area contributed by atoms with E-state index < -0.39 is 25.1 Å². The zero-order valence-electron chi connectivity index (χ0n) is 19.3. The SMILES string of the molecule is [2H]C([2H])([2H])c1cc[n+](C)c(-c2c(C)ccc3c2oc2c(C([2H])([2H])[2H])c(F)ccc23)c1. The van der Waals surface area contributed by atoms with Crippen LogP contribution in [-0.4, -0.2) is 0 Å². The Hall–Kier alpha value is -2.68. The molecule has 24 heavy (non-hydrogen) atoms. The molecule has 0 aliphatic rings. The van der Waals surface area contributed by atoms with Crippen LogP contribution < -0.4 is 4.57 Å². The zero-order chi connectivity index (χ0) is 22.0. The topological polar surface area (TPSA) is 17.0 Å². The number of fused-ring (bicyclic) bond motifs is 3. The minimum absolute atomic E-state index is 0.0218. The van der Waals surface area contributed by atoms with E-state index in [1.807, 2.05) is 13.0 Å². The van der Waals surface area contributed by atoms with Crippen LogP contribution in [0.4, 0.5) is 4.39 Å². The third-order valence-electron chi connectivity index (χ3n) is 4.37. The van der Waals surface area contributed by atoms with Crippen LogP contribution >= 0.6 is 0 Å². The first-order chi connectivity index (χ1) is 13.9. The number of aromatic nitrogens is 1. The molecule has 0 saturated carbocycles. The number of hydrogen-bond donors (Lipinski definition) is 0. The summed E-state index contributed by atoms with van der Waals surface area (Å²) in [7, 11) is 1.78. The molecule has 0 amide bonds. The van der Waals surface area contributed by atoms with Gasteiger partial charge in [-0.15, -0.1) is 0 Å². The zero-order valence-corrected chi connectivity index (χ0v) is 13.3. The molecule has 0 atom stereocenters. The van der Waals surface area contributed by atoms with E-state index in [2.05, 4.69) is 0 Å². The highest BCUT2D eigenvalue weighted by Crippen LogP contribution is 2.38. The Morgan fingerprint density at radius 2 is 1.83 bits per heavy atom. The summed E-state index contributed by atoms with van der Waals surface area (Å²) < 4.78 is 68.5. The van der Waals surface area contributed by atoms with Crippen molar-refractivity contribution >= 4 is 21.9 Å². The summed E-state index contributed by atoms with van der Waals surface area (Å²) in [6.07, 6.45) is 1.66. The van der Waals surface area contributed by atoms with Crippen LogP contribution in [0.1, 0.15) is 24.9 Å². The summed E-state index contributed by atoms with van der Waals surface area (Å²) in [5, 5.41) is 1.13. The van der Waals surface area contributed by atoms with Crippen molar-refractivity contribution in [3.05, 3.63) is 65.1 Å². The molecule has 0 unspecified atom stereocenters. The van der Waals surface area contributed by atoms with Crippen molar-refractivity contribution in [2.75, 3.05) is 0 Å². The van der Waals surface area contributed by atoms with Gasteiger partial charge >= 0.3 is 0 Å². The van der Waals surface area contributed by atoms with Gasteiger partial charge < -0.3 is 4.42 Å². The van der Waals surface area contributed by atoms with Crippen LogP contribution in [0.3, 0.4) is 0 Å². The Morgan fingerprint density at radius 3 is 2.62 bits per heavy atom. The summed E-state index contributed by atoms with van der Waals surface area (Å²) in [4.78, 5) is 0. The number of hydrogen-bond acceptors (Lipinski definition) is 1. The van der Waals surface area contributed by atoms with E-state index >= 15 is 0 Å². The van der Waals surface area contributed by atoms with E-state index in [1.165, 1.54) is 12.1 Å². The molecule has 2 nitrogen and oxygen atoms in total. The molecule has 0 aliphatic carbocycles. The highest BCUT2D eigenvalue weighted by atomic mass is 19.1. The van der Waals surface area contributed by atoms with E-state index in [1.54, 1.807) is 29.9 Å². The minimum Gasteiger partial charge on any atom is -0.455 e. The van der Waals surface area contributed by atoms with Crippen molar-refractivity contribution < 1.29 is 21.6 Å². The molecule has 0 fully saturated rings. The molecule has 0 saturated heterocycles. The molecule has 0 bridgehead atoms. The van der Waals surface area contributed by atoms with Gasteiger partial charge in [0, 0.05) is 36.7 Å². The maximum absolute atomic E-state index is 14.4. The molecule has 4 aromatic rings. The van der Waals surface area contributed by atoms with Gasteiger partial charge in [-0.05, 0) is 43.9 Å². The Kier molecular flexibility index (Phi) is 2.06. The second kappa shape index (κ2) is 5.17. The van der Waals surface area contributed by atoms with E-state index in [0.29, 0.717) is 27.6 Å². The number of halogens is 1. The highest BCUT2D eigenvalue weighted by Gasteiger charge is 2.21. The first-order valence-electron chi connectivity index (χ1n) is 10.5. The summed E-state index contributed by atoms with van der Waals surface area (Å²) in [5.41, 5.74) is 2.13. The van der Waals surface area contributed by atoms with Gasteiger partial charge in [-0.2, -0.15) is 0 Å². The number of furan rings is 1. The summed E-state index contributed by atoms with van der Waals surface area (Å²) in [6.45, 7) is -3.11. The van der Waals surface area contributed by atoms with Crippen molar-refractivity contribution in [2.45, 2.75) is 20.6 Å². The fraction of sp³-hybridized carbons (Fsp3) is 0.190. The number of aryl methyl sites for hydroxylation is 4. The fourth-order valence-corrected chi connectivity index (χ4v) is 3.11. The third kappa shape index (κ3) is 2.04. The molecular formula is C21H19FNO+. The van der Waals surface area contributed by atoms with Crippen molar-refractivity contribution in [1.82, 2.24) is 0 Å². The van der Waals surface area contributed by atoms with E-state index in [0.717, 1.165) is 11.6 Å². The number of nitrogens with zero attached hydrogens (tertiary/aromatic N) is 1. The summed E-state index contributed by atoms with van der Waals surface area (Å²) >= 11 is 0. The second-order valence-electron chi connectivity index (χ2n) is 5.95. The van der Waals surface area contributed by atoms with Crippen molar-refractivity contribution in [3.63, 3.8) is 0 Å². The number of rotatable bonds is 1. The lowest BCUT2D eigenvalue weighted by atomic mass is 9.99. The predicted octanol–water partition coefficient (Wildman–Crippen LogP) is 5.14. The van der Waals surface area contributed by atoms with Gasteiger partial charge in [0.15, 0.2) is 6.20 Å². The Bertz CT molecular complexity index is 1300. The van der Waals surface area contributed by atoms with Crippen molar-refractivity contribution in [1.29, 1.82) is 0 Å². The first kappa shape index (κ1) is 9.58. The van der Waals surface area contributed by atoms with Crippen LogP contribution in [0.15, 0.2) is 47.0 Å². The van der Waals surface area contributed by atoms with Crippen molar-refractivity contribution in [3.8, 4) is 11.3 Å². The lowest BCUT2D eigenvalue weighted by molar-refractivity contribution is -0.660. The van der Waals surface area contributed by atoms with Crippen molar-refractivity contribution in [2.24, 2.45) is 7.05 Å². The quantitative estimate of drug-likeness (QED) is 0.443. The highest BCUT2D eigenvalue weighted by molar-refractivity contribution is 6.10. The molecular weight excluding hydrogens is 301 g/mol. The van der Waals surface area contributed by atoms with E-state index in [4.69, 9.17) is 12.6 Å². The van der Waals surface area contributed by atoms with Crippen LogP contribution in [0.25, 0.3) is 33.2 Å². The van der Waals surface area contributed by atoms with Gasteiger partial charge in [0.2, 0.25) is 5.69 Å². The summed E-state index contributed by atoms with van der Waals surface area (Å²) in [6, 6.07) is 9.40. The maximum atomic E-state index is 14.4. The van der Waals surface area contributed by atoms with Gasteiger partial charge in [0.1, 0.15) is 24.0 Å². The molecule has 3 heteroatoms. The third-order valence-corrected chi connectivity index (χ3v) is 4.37. The number of pyridine rings is 1. The molecule has 2 aromatic heterocycles. The molecule has 0 N–H and O–H groups in total. The summed E-state index contributed by atoms with van der Waals surface area (Å²) in [5.74, 6) is -0.852. The molecule has 2 aromatic carbocycles.